The average Bonchev–Trinajstić information content (AvgIpc) is 3.29. The van der Waals surface area contributed by atoms with E-state index in [2.05, 4.69) is 31.8 Å². The highest BCUT2D eigenvalue weighted by atomic mass is 32.2. The molecule has 4 rings (SSSR count). The standard InChI is InChI=1S/C18H21N5O2S/c1-22(13-3-5-15(6-4-13)26(2,24)25)14-8-10-23(11-14)18-16-7-9-19-17(16)20-12-21-18/h3-7,9,12,14H,8,10-11H2,1-2H3,(H,19,20,21)/t14-/m1/s1. The Kier molecular flexibility index (Phi) is 4.07. The summed E-state index contributed by atoms with van der Waals surface area (Å²) in [6, 6.07) is 9.42. The van der Waals surface area contributed by atoms with Crippen LogP contribution in [0.4, 0.5) is 11.5 Å². The maximum atomic E-state index is 11.6. The molecule has 8 heteroatoms. The molecule has 2 aromatic heterocycles. The number of aromatic amines is 1. The number of rotatable bonds is 4. The SMILES string of the molecule is CN(c1ccc(S(C)(=O)=O)cc1)[C@@H]1CCN(c2ncnc3[nH]ccc23)C1. The first-order valence-electron chi connectivity index (χ1n) is 8.49. The Morgan fingerprint density at radius 2 is 1.96 bits per heavy atom. The van der Waals surface area contributed by atoms with Crippen LogP contribution in [-0.4, -0.2) is 55.8 Å². The molecule has 1 fully saturated rings. The van der Waals surface area contributed by atoms with Crippen molar-refractivity contribution >= 4 is 32.4 Å². The summed E-state index contributed by atoms with van der Waals surface area (Å²) in [5.41, 5.74) is 1.86. The maximum absolute atomic E-state index is 11.6. The van der Waals surface area contributed by atoms with Crippen molar-refractivity contribution < 1.29 is 8.42 Å². The van der Waals surface area contributed by atoms with Crippen LogP contribution in [-0.2, 0) is 9.84 Å². The molecule has 1 aliphatic heterocycles. The number of fused-ring (bicyclic) bond motifs is 1. The number of nitrogens with one attached hydrogen (secondary N) is 1. The van der Waals surface area contributed by atoms with Gasteiger partial charge in [-0.1, -0.05) is 0 Å². The molecule has 0 aliphatic carbocycles. The minimum atomic E-state index is -3.17. The highest BCUT2D eigenvalue weighted by Crippen LogP contribution is 2.28. The number of benzene rings is 1. The zero-order valence-electron chi connectivity index (χ0n) is 14.8. The minimum absolute atomic E-state index is 0.336. The molecule has 0 radical (unpaired) electrons. The third-order valence-electron chi connectivity index (χ3n) is 5.02. The molecule has 136 valence electrons. The van der Waals surface area contributed by atoms with Crippen LogP contribution < -0.4 is 9.80 Å². The molecule has 26 heavy (non-hydrogen) atoms. The van der Waals surface area contributed by atoms with Crippen molar-refractivity contribution in [1.82, 2.24) is 15.0 Å². The van der Waals surface area contributed by atoms with Gasteiger partial charge < -0.3 is 14.8 Å². The molecular weight excluding hydrogens is 350 g/mol. The monoisotopic (exact) mass is 371 g/mol. The Labute approximate surface area is 152 Å². The Hall–Kier alpha value is -2.61. The quantitative estimate of drug-likeness (QED) is 0.756. The number of anilines is 2. The van der Waals surface area contributed by atoms with Crippen LogP contribution in [0, 0.1) is 0 Å². The van der Waals surface area contributed by atoms with Gasteiger partial charge in [-0.3, -0.25) is 0 Å². The summed E-state index contributed by atoms with van der Waals surface area (Å²) >= 11 is 0. The Balaban J connectivity index is 1.52. The smallest absolute Gasteiger partial charge is 0.175 e. The second kappa shape index (κ2) is 6.28. The fraction of sp³-hybridized carbons (Fsp3) is 0.333. The lowest BCUT2D eigenvalue weighted by molar-refractivity contribution is 0.602. The summed E-state index contributed by atoms with van der Waals surface area (Å²) in [4.78, 5) is 16.7. The fourth-order valence-corrected chi connectivity index (χ4v) is 4.13. The number of nitrogens with zero attached hydrogens (tertiary/aromatic N) is 4. The number of hydrogen-bond donors (Lipinski definition) is 1. The zero-order chi connectivity index (χ0) is 18.3. The van der Waals surface area contributed by atoms with Crippen LogP contribution in [0.25, 0.3) is 11.0 Å². The fourth-order valence-electron chi connectivity index (χ4n) is 3.50. The topological polar surface area (TPSA) is 82.2 Å². The molecular formula is C18H21N5O2S. The van der Waals surface area contributed by atoms with Gasteiger partial charge in [0.15, 0.2) is 9.84 Å². The second-order valence-corrected chi connectivity index (χ2v) is 8.72. The van der Waals surface area contributed by atoms with Crippen molar-refractivity contribution in [2.24, 2.45) is 0 Å². The molecule has 1 atom stereocenters. The van der Waals surface area contributed by atoms with Crippen LogP contribution in [0.15, 0.2) is 47.8 Å². The first-order valence-corrected chi connectivity index (χ1v) is 10.4. The van der Waals surface area contributed by atoms with E-state index in [0.717, 1.165) is 42.0 Å². The van der Waals surface area contributed by atoms with E-state index < -0.39 is 9.84 Å². The van der Waals surface area contributed by atoms with Gasteiger partial charge in [0, 0.05) is 44.3 Å². The van der Waals surface area contributed by atoms with Crippen molar-refractivity contribution in [1.29, 1.82) is 0 Å². The average molecular weight is 371 g/mol. The molecule has 1 aromatic carbocycles. The van der Waals surface area contributed by atoms with Crippen molar-refractivity contribution in [3.05, 3.63) is 42.9 Å². The predicted octanol–water partition coefficient (Wildman–Crippen LogP) is 2.08. The summed E-state index contributed by atoms with van der Waals surface area (Å²) in [5.74, 6) is 0.958. The van der Waals surface area contributed by atoms with E-state index in [1.807, 2.05) is 24.4 Å². The normalized spacial score (nSPS) is 17.8. The largest absolute Gasteiger partial charge is 0.370 e. The summed E-state index contributed by atoms with van der Waals surface area (Å²) in [5, 5.41) is 1.04. The first-order chi connectivity index (χ1) is 12.4. The van der Waals surface area contributed by atoms with Crippen LogP contribution in [0.1, 0.15) is 6.42 Å². The molecule has 1 saturated heterocycles. The van der Waals surface area contributed by atoms with Crippen molar-refractivity contribution in [3.63, 3.8) is 0 Å². The molecule has 3 heterocycles. The number of hydrogen-bond acceptors (Lipinski definition) is 6. The summed E-state index contributed by atoms with van der Waals surface area (Å²) in [7, 11) is -1.12. The second-order valence-electron chi connectivity index (χ2n) is 6.70. The summed E-state index contributed by atoms with van der Waals surface area (Å²) in [6.45, 7) is 1.79. The van der Waals surface area contributed by atoms with Crippen LogP contribution in [0.3, 0.4) is 0 Å². The molecule has 0 unspecified atom stereocenters. The number of sulfone groups is 1. The van der Waals surface area contributed by atoms with Gasteiger partial charge in [0.25, 0.3) is 0 Å². The van der Waals surface area contributed by atoms with E-state index in [0.29, 0.717) is 10.9 Å². The van der Waals surface area contributed by atoms with Gasteiger partial charge in [-0.15, -0.1) is 0 Å². The molecule has 1 N–H and O–H groups in total. The van der Waals surface area contributed by atoms with Crippen LogP contribution >= 0.6 is 0 Å². The van der Waals surface area contributed by atoms with E-state index in [1.165, 1.54) is 6.26 Å². The van der Waals surface area contributed by atoms with Gasteiger partial charge in [-0.2, -0.15) is 0 Å². The molecule has 0 spiro atoms. The molecule has 0 saturated carbocycles. The lowest BCUT2D eigenvalue weighted by Gasteiger charge is -2.27. The van der Waals surface area contributed by atoms with Crippen LogP contribution in [0.2, 0.25) is 0 Å². The van der Waals surface area contributed by atoms with Crippen molar-refractivity contribution in [2.45, 2.75) is 17.4 Å². The van der Waals surface area contributed by atoms with Gasteiger partial charge in [0.2, 0.25) is 0 Å². The predicted molar refractivity (Wildman–Crippen MR) is 102 cm³/mol. The van der Waals surface area contributed by atoms with Crippen molar-refractivity contribution in [3.8, 4) is 0 Å². The van der Waals surface area contributed by atoms with Crippen LogP contribution in [0.5, 0.6) is 0 Å². The number of aromatic nitrogens is 3. The van der Waals surface area contributed by atoms with Crippen molar-refractivity contribution in [2.75, 3.05) is 36.2 Å². The van der Waals surface area contributed by atoms with Gasteiger partial charge in [0.05, 0.1) is 10.3 Å². The maximum Gasteiger partial charge on any atom is 0.175 e. The third kappa shape index (κ3) is 3.01. The van der Waals surface area contributed by atoms with Gasteiger partial charge in [-0.05, 0) is 36.8 Å². The van der Waals surface area contributed by atoms with E-state index in [1.54, 1.807) is 18.5 Å². The lowest BCUT2D eigenvalue weighted by Crippen LogP contribution is -2.34. The van der Waals surface area contributed by atoms with E-state index >= 15 is 0 Å². The lowest BCUT2D eigenvalue weighted by atomic mass is 10.2. The third-order valence-corrected chi connectivity index (χ3v) is 6.14. The van der Waals surface area contributed by atoms with Gasteiger partial charge in [-0.25, -0.2) is 18.4 Å². The van der Waals surface area contributed by atoms with Gasteiger partial charge >= 0.3 is 0 Å². The van der Waals surface area contributed by atoms with E-state index in [9.17, 15) is 8.42 Å². The number of H-pyrrole nitrogens is 1. The Morgan fingerprint density at radius 1 is 1.19 bits per heavy atom. The molecule has 0 bridgehead atoms. The molecule has 0 amide bonds. The molecule has 1 aliphatic rings. The Bertz CT molecular complexity index is 1030. The minimum Gasteiger partial charge on any atom is -0.370 e. The number of likely N-dealkylation sites (N-methyl/N-ethyl adjacent to an activating group) is 1. The molecule has 7 nitrogen and oxygen atoms in total. The van der Waals surface area contributed by atoms with Gasteiger partial charge in [0.1, 0.15) is 17.8 Å². The Morgan fingerprint density at radius 3 is 2.69 bits per heavy atom. The summed E-state index contributed by atoms with van der Waals surface area (Å²) in [6.07, 6.45) is 5.71. The first kappa shape index (κ1) is 16.8. The highest BCUT2D eigenvalue weighted by molar-refractivity contribution is 7.90. The molecule has 3 aromatic rings. The zero-order valence-corrected chi connectivity index (χ0v) is 15.6. The van der Waals surface area contributed by atoms with E-state index in [-0.39, 0.29) is 0 Å². The highest BCUT2D eigenvalue weighted by Gasteiger charge is 2.28. The van der Waals surface area contributed by atoms with E-state index in [4.69, 9.17) is 0 Å². The summed E-state index contributed by atoms with van der Waals surface area (Å²) < 4.78 is 23.2.